The fourth-order valence-electron chi connectivity index (χ4n) is 1.66. The van der Waals surface area contributed by atoms with Crippen molar-refractivity contribution in [3.8, 4) is 0 Å². The Kier molecular flexibility index (Phi) is 3.98. The van der Waals surface area contributed by atoms with Crippen LogP contribution in [0.3, 0.4) is 0 Å². The first kappa shape index (κ1) is 9.96. The highest BCUT2D eigenvalue weighted by molar-refractivity contribution is 4.74. The van der Waals surface area contributed by atoms with E-state index in [4.69, 9.17) is 10.8 Å². The molecule has 3 N–H and O–H groups in total. The molecule has 1 saturated heterocycles. The zero-order valence-electron chi connectivity index (χ0n) is 7.87. The summed E-state index contributed by atoms with van der Waals surface area (Å²) in [6.07, 6.45) is 3.06. The molecule has 2 unspecified atom stereocenters. The van der Waals surface area contributed by atoms with Crippen molar-refractivity contribution >= 4 is 0 Å². The van der Waals surface area contributed by atoms with Crippen LogP contribution in [0.25, 0.3) is 0 Å². The number of hydrogen-bond donors (Lipinski definition) is 2. The summed E-state index contributed by atoms with van der Waals surface area (Å²) in [5.74, 6) is 0. The van der Waals surface area contributed by atoms with Crippen LogP contribution in [0, 0.1) is 0 Å². The van der Waals surface area contributed by atoms with Crippen molar-refractivity contribution in [2.24, 2.45) is 5.73 Å². The fraction of sp³-hybridized carbons (Fsp3) is 1.00. The third-order valence-corrected chi connectivity index (χ3v) is 2.41. The monoisotopic (exact) mass is 172 g/mol. The Morgan fingerprint density at radius 2 is 2.42 bits per heavy atom. The zero-order chi connectivity index (χ0) is 8.97. The average Bonchev–Trinajstić information content (AvgIpc) is 2.01. The zero-order valence-corrected chi connectivity index (χ0v) is 7.87. The van der Waals surface area contributed by atoms with Crippen LogP contribution >= 0.6 is 0 Å². The Balaban J connectivity index is 2.14. The number of aliphatic hydroxyl groups is 1. The maximum absolute atomic E-state index is 9.09. The van der Waals surface area contributed by atoms with Crippen molar-refractivity contribution in [2.45, 2.75) is 38.3 Å². The van der Waals surface area contributed by atoms with Gasteiger partial charge in [0.15, 0.2) is 0 Å². The van der Waals surface area contributed by atoms with Crippen molar-refractivity contribution in [1.82, 2.24) is 4.90 Å². The first-order valence-electron chi connectivity index (χ1n) is 4.84. The van der Waals surface area contributed by atoms with Crippen LogP contribution < -0.4 is 5.73 Å². The Morgan fingerprint density at radius 1 is 1.67 bits per heavy atom. The number of aliphatic hydroxyl groups excluding tert-OH is 1. The second-order valence-electron chi connectivity index (χ2n) is 3.84. The lowest BCUT2D eigenvalue weighted by Crippen LogP contribution is -2.43. The summed E-state index contributed by atoms with van der Waals surface area (Å²) in [5.41, 5.74) is 5.83. The van der Waals surface area contributed by atoms with E-state index in [9.17, 15) is 0 Å². The smallest absolute Gasteiger partial charge is 0.0524 e. The summed E-state index contributed by atoms with van der Waals surface area (Å²) < 4.78 is 0. The lowest BCUT2D eigenvalue weighted by molar-refractivity contribution is 0.141. The predicted molar refractivity (Wildman–Crippen MR) is 49.9 cm³/mol. The molecule has 3 nitrogen and oxygen atoms in total. The van der Waals surface area contributed by atoms with E-state index in [1.165, 1.54) is 6.42 Å². The molecule has 0 aromatic rings. The van der Waals surface area contributed by atoms with Gasteiger partial charge in [0.05, 0.1) is 6.10 Å². The highest BCUT2D eigenvalue weighted by Crippen LogP contribution is 2.08. The molecule has 1 fully saturated rings. The Bertz CT molecular complexity index is 128. The van der Waals surface area contributed by atoms with Crippen LogP contribution in [0.1, 0.15) is 26.2 Å². The van der Waals surface area contributed by atoms with E-state index in [-0.39, 0.29) is 6.10 Å². The minimum Gasteiger partial charge on any atom is -0.393 e. The third-order valence-electron chi connectivity index (χ3n) is 2.41. The Morgan fingerprint density at radius 3 is 3.00 bits per heavy atom. The van der Waals surface area contributed by atoms with Gasteiger partial charge in [0.25, 0.3) is 0 Å². The molecule has 0 spiro atoms. The number of piperidine rings is 1. The van der Waals surface area contributed by atoms with Crippen LogP contribution in [0.2, 0.25) is 0 Å². The summed E-state index contributed by atoms with van der Waals surface area (Å²) >= 11 is 0. The molecule has 72 valence electrons. The number of likely N-dealkylation sites (tertiary alicyclic amines) is 1. The van der Waals surface area contributed by atoms with Gasteiger partial charge in [0.1, 0.15) is 0 Å². The van der Waals surface area contributed by atoms with Crippen LogP contribution in [0.5, 0.6) is 0 Å². The van der Waals surface area contributed by atoms with Gasteiger partial charge in [-0.3, -0.25) is 0 Å². The first-order valence-corrected chi connectivity index (χ1v) is 4.84. The van der Waals surface area contributed by atoms with E-state index in [2.05, 4.69) is 4.90 Å². The maximum Gasteiger partial charge on any atom is 0.0524 e. The molecule has 0 saturated carbocycles. The van der Waals surface area contributed by atoms with Crippen LogP contribution in [-0.4, -0.2) is 41.8 Å². The minimum absolute atomic E-state index is 0.178. The summed E-state index contributed by atoms with van der Waals surface area (Å²) in [4.78, 5) is 2.35. The molecule has 1 aliphatic rings. The van der Waals surface area contributed by atoms with Crippen molar-refractivity contribution in [3.05, 3.63) is 0 Å². The molecule has 0 bridgehead atoms. The molecule has 0 aromatic heterocycles. The normalized spacial score (nSPS) is 28.8. The average molecular weight is 172 g/mol. The largest absolute Gasteiger partial charge is 0.393 e. The minimum atomic E-state index is -0.178. The number of hydrogen-bond acceptors (Lipinski definition) is 3. The van der Waals surface area contributed by atoms with Gasteiger partial charge in [-0.2, -0.15) is 0 Å². The van der Waals surface area contributed by atoms with Gasteiger partial charge in [-0.15, -0.1) is 0 Å². The molecule has 2 atom stereocenters. The second-order valence-corrected chi connectivity index (χ2v) is 3.84. The predicted octanol–water partition coefficient (Wildman–Crippen LogP) is 0.180. The van der Waals surface area contributed by atoms with Crippen molar-refractivity contribution in [1.29, 1.82) is 0 Å². The summed E-state index contributed by atoms with van der Waals surface area (Å²) in [5, 5.41) is 9.09. The standard InChI is InChI=1S/C9H20N2O/c1-8(12)4-6-11-5-2-3-9(10)7-11/h8-9,12H,2-7,10H2,1H3. The summed E-state index contributed by atoms with van der Waals surface area (Å²) in [6.45, 7) is 4.99. The van der Waals surface area contributed by atoms with E-state index < -0.39 is 0 Å². The molecule has 12 heavy (non-hydrogen) atoms. The van der Waals surface area contributed by atoms with Crippen LogP contribution in [0.4, 0.5) is 0 Å². The summed E-state index contributed by atoms with van der Waals surface area (Å²) in [6, 6.07) is 0.354. The van der Waals surface area contributed by atoms with Gasteiger partial charge in [0.2, 0.25) is 0 Å². The van der Waals surface area contributed by atoms with Gasteiger partial charge in [-0.1, -0.05) is 0 Å². The van der Waals surface area contributed by atoms with E-state index in [1.54, 1.807) is 0 Å². The SMILES string of the molecule is CC(O)CCN1CCCC(N)C1. The number of nitrogens with zero attached hydrogens (tertiary/aromatic N) is 1. The highest BCUT2D eigenvalue weighted by Gasteiger charge is 2.16. The molecule has 0 radical (unpaired) electrons. The van der Waals surface area contributed by atoms with E-state index in [0.29, 0.717) is 6.04 Å². The molecule has 1 heterocycles. The Labute approximate surface area is 74.5 Å². The van der Waals surface area contributed by atoms with Gasteiger partial charge in [-0.25, -0.2) is 0 Å². The van der Waals surface area contributed by atoms with Gasteiger partial charge in [0, 0.05) is 19.1 Å². The lowest BCUT2D eigenvalue weighted by atomic mass is 10.1. The van der Waals surface area contributed by atoms with E-state index >= 15 is 0 Å². The Hall–Kier alpha value is -0.120. The van der Waals surface area contributed by atoms with E-state index in [0.717, 1.165) is 32.5 Å². The second kappa shape index (κ2) is 4.80. The van der Waals surface area contributed by atoms with Gasteiger partial charge >= 0.3 is 0 Å². The molecular formula is C9H20N2O. The van der Waals surface area contributed by atoms with Gasteiger partial charge < -0.3 is 15.7 Å². The van der Waals surface area contributed by atoms with E-state index in [1.807, 2.05) is 6.92 Å². The lowest BCUT2D eigenvalue weighted by Gasteiger charge is -2.30. The summed E-state index contributed by atoms with van der Waals surface area (Å²) in [7, 11) is 0. The molecule has 0 amide bonds. The molecule has 1 rings (SSSR count). The van der Waals surface area contributed by atoms with Crippen molar-refractivity contribution in [3.63, 3.8) is 0 Å². The van der Waals surface area contributed by atoms with Crippen molar-refractivity contribution < 1.29 is 5.11 Å². The van der Waals surface area contributed by atoms with Gasteiger partial charge in [-0.05, 0) is 32.7 Å². The van der Waals surface area contributed by atoms with Crippen LogP contribution in [-0.2, 0) is 0 Å². The maximum atomic E-state index is 9.09. The molecule has 0 aromatic carbocycles. The fourth-order valence-corrected chi connectivity index (χ4v) is 1.66. The first-order chi connectivity index (χ1) is 5.68. The topological polar surface area (TPSA) is 49.5 Å². The quantitative estimate of drug-likeness (QED) is 0.638. The number of nitrogens with two attached hydrogens (primary N) is 1. The molecular weight excluding hydrogens is 152 g/mol. The van der Waals surface area contributed by atoms with Crippen LogP contribution in [0.15, 0.2) is 0 Å². The third kappa shape index (κ3) is 3.52. The number of rotatable bonds is 3. The highest BCUT2D eigenvalue weighted by atomic mass is 16.3. The molecule has 1 aliphatic heterocycles. The van der Waals surface area contributed by atoms with Crippen molar-refractivity contribution in [2.75, 3.05) is 19.6 Å². The molecule has 3 heteroatoms. The molecule has 0 aliphatic carbocycles.